The van der Waals surface area contributed by atoms with Gasteiger partial charge in [-0.25, -0.2) is 4.39 Å². The molecule has 0 unspecified atom stereocenters. The fourth-order valence-corrected chi connectivity index (χ4v) is 1.46. The summed E-state index contributed by atoms with van der Waals surface area (Å²) in [5, 5.41) is 1.40. The van der Waals surface area contributed by atoms with Crippen molar-refractivity contribution in [3.63, 3.8) is 0 Å². The van der Waals surface area contributed by atoms with Crippen molar-refractivity contribution in [2.24, 2.45) is 0 Å². The minimum absolute atomic E-state index is 0.138. The summed E-state index contributed by atoms with van der Waals surface area (Å²) in [4.78, 5) is 15.1. The summed E-state index contributed by atoms with van der Waals surface area (Å²) in [6.45, 7) is 1.43. The predicted molar refractivity (Wildman–Crippen MR) is 51.7 cm³/mol. The number of ketones is 1. The van der Waals surface area contributed by atoms with E-state index in [1.807, 2.05) is 0 Å². The van der Waals surface area contributed by atoms with Crippen molar-refractivity contribution in [2.75, 3.05) is 0 Å². The molecule has 0 saturated heterocycles. The van der Waals surface area contributed by atoms with E-state index in [1.54, 1.807) is 18.5 Å². The molecule has 0 fully saturated rings. The van der Waals surface area contributed by atoms with Crippen LogP contribution in [-0.4, -0.2) is 10.8 Å². The average molecular weight is 189 g/mol. The summed E-state index contributed by atoms with van der Waals surface area (Å²) in [6.07, 6.45) is 3.14. The molecule has 0 atom stereocenters. The van der Waals surface area contributed by atoms with Crippen LogP contribution in [0.5, 0.6) is 0 Å². The Morgan fingerprint density at radius 1 is 1.43 bits per heavy atom. The first-order valence-electron chi connectivity index (χ1n) is 4.22. The lowest BCUT2D eigenvalue weighted by Gasteiger charge is -2.02. The molecule has 0 amide bonds. The number of carbonyl (C=O) groups excluding carboxylic acids is 1. The summed E-state index contributed by atoms with van der Waals surface area (Å²) in [5.41, 5.74) is 0.405. The lowest BCUT2D eigenvalue weighted by Crippen LogP contribution is -1.95. The van der Waals surface area contributed by atoms with E-state index in [0.29, 0.717) is 10.9 Å². The molecule has 1 aromatic heterocycles. The number of pyridine rings is 1. The number of fused-ring (bicyclic) bond motifs is 1. The number of Topliss-reactive ketones (excluding diaryl/α,β-unsaturated/α-hetero) is 1. The maximum absolute atomic E-state index is 13.1. The minimum atomic E-state index is -0.407. The number of rotatable bonds is 1. The normalized spacial score (nSPS) is 10.4. The second-order valence-electron chi connectivity index (χ2n) is 3.11. The Hall–Kier alpha value is -1.77. The second kappa shape index (κ2) is 3.18. The van der Waals surface area contributed by atoms with Crippen molar-refractivity contribution in [3.05, 3.63) is 42.0 Å². The second-order valence-corrected chi connectivity index (χ2v) is 3.11. The van der Waals surface area contributed by atoms with Crippen LogP contribution in [0.4, 0.5) is 4.39 Å². The third-order valence-corrected chi connectivity index (χ3v) is 2.10. The van der Waals surface area contributed by atoms with Crippen LogP contribution in [0, 0.1) is 5.82 Å². The highest BCUT2D eigenvalue weighted by atomic mass is 19.1. The van der Waals surface area contributed by atoms with Crippen molar-refractivity contribution < 1.29 is 9.18 Å². The zero-order chi connectivity index (χ0) is 10.1. The van der Waals surface area contributed by atoms with Gasteiger partial charge in [-0.15, -0.1) is 0 Å². The van der Waals surface area contributed by atoms with Crippen LogP contribution in [0.2, 0.25) is 0 Å². The van der Waals surface area contributed by atoms with Crippen LogP contribution in [-0.2, 0) is 0 Å². The van der Waals surface area contributed by atoms with E-state index < -0.39 is 5.82 Å². The van der Waals surface area contributed by atoms with Gasteiger partial charge in [0.05, 0.1) is 0 Å². The molecule has 70 valence electrons. The molecule has 3 heteroatoms. The molecular formula is C11H8FNO. The van der Waals surface area contributed by atoms with Gasteiger partial charge < -0.3 is 0 Å². The van der Waals surface area contributed by atoms with Crippen LogP contribution in [0.25, 0.3) is 10.8 Å². The van der Waals surface area contributed by atoms with Crippen LogP contribution >= 0.6 is 0 Å². The Bertz CT molecular complexity index is 508. The molecule has 2 nitrogen and oxygen atoms in total. The molecule has 0 radical (unpaired) electrons. The summed E-state index contributed by atoms with van der Waals surface area (Å²) in [5.74, 6) is -0.545. The van der Waals surface area contributed by atoms with Gasteiger partial charge in [0, 0.05) is 23.3 Å². The van der Waals surface area contributed by atoms with Crippen LogP contribution in [0.1, 0.15) is 17.3 Å². The highest BCUT2D eigenvalue weighted by Gasteiger charge is 2.07. The average Bonchev–Trinajstić information content (AvgIpc) is 2.16. The number of nitrogens with zero attached hydrogens (tertiary/aromatic N) is 1. The maximum Gasteiger partial charge on any atom is 0.160 e. The number of benzene rings is 1. The maximum atomic E-state index is 13.1. The van der Waals surface area contributed by atoms with Crippen molar-refractivity contribution in [1.29, 1.82) is 0 Å². The zero-order valence-corrected chi connectivity index (χ0v) is 7.62. The van der Waals surface area contributed by atoms with E-state index >= 15 is 0 Å². The Balaban J connectivity index is 2.87. The van der Waals surface area contributed by atoms with E-state index in [2.05, 4.69) is 4.98 Å². The number of aromatic nitrogens is 1. The van der Waals surface area contributed by atoms with Gasteiger partial charge in [0.25, 0.3) is 0 Å². The summed E-state index contributed by atoms with van der Waals surface area (Å²) < 4.78 is 13.1. The molecule has 14 heavy (non-hydrogen) atoms. The number of hydrogen-bond donors (Lipinski definition) is 0. The first kappa shape index (κ1) is 8.81. The van der Waals surface area contributed by atoms with Gasteiger partial charge in [0.2, 0.25) is 0 Å². The van der Waals surface area contributed by atoms with E-state index in [0.717, 1.165) is 5.39 Å². The van der Waals surface area contributed by atoms with Gasteiger partial charge in [-0.05, 0) is 30.5 Å². The van der Waals surface area contributed by atoms with Crippen molar-refractivity contribution >= 4 is 16.6 Å². The topological polar surface area (TPSA) is 30.0 Å². The standard InChI is InChI=1S/C11H8FNO/c1-7(14)11-5-9(12)4-8-6-13-3-2-10(8)11/h2-6H,1H3. The highest BCUT2D eigenvalue weighted by molar-refractivity contribution is 6.06. The Labute approximate surface area is 80.4 Å². The van der Waals surface area contributed by atoms with Gasteiger partial charge in [0.15, 0.2) is 5.78 Å². The molecule has 2 rings (SSSR count). The van der Waals surface area contributed by atoms with Gasteiger partial charge in [-0.1, -0.05) is 0 Å². The summed E-state index contributed by atoms with van der Waals surface area (Å²) >= 11 is 0. The van der Waals surface area contributed by atoms with Crippen molar-refractivity contribution in [1.82, 2.24) is 4.98 Å². The van der Waals surface area contributed by atoms with Crippen LogP contribution < -0.4 is 0 Å². The quantitative estimate of drug-likeness (QED) is 0.645. The Morgan fingerprint density at radius 3 is 2.93 bits per heavy atom. The summed E-state index contributed by atoms with van der Waals surface area (Å²) in [6, 6.07) is 4.34. The minimum Gasteiger partial charge on any atom is -0.294 e. The van der Waals surface area contributed by atoms with E-state index in [9.17, 15) is 9.18 Å². The molecule has 1 heterocycles. The largest absolute Gasteiger partial charge is 0.294 e. The lowest BCUT2D eigenvalue weighted by atomic mass is 10.0. The molecule has 0 bridgehead atoms. The zero-order valence-electron chi connectivity index (χ0n) is 7.62. The number of halogens is 1. The van der Waals surface area contributed by atoms with E-state index in [4.69, 9.17) is 0 Å². The number of hydrogen-bond acceptors (Lipinski definition) is 2. The summed E-state index contributed by atoms with van der Waals surface area (Å²) in [7, 11) is 0. The molecule has 0 saturated carbocycles. The van der Waals surface area contributed by atoms with Gasteiger partial charge >= 0.3 is 0 Å². The Morgan fingerprint density at radius 2 is 2.21 bits per heavy atom. The first-order valence-corrected chi connectivity index (χ1v) is 4.22. The molecule has 0 aliphatic rings. The monoisotopic (exact) mass is 189 g/mol. The van der Waals surface area contributed by atoms with Crippen LogP contribution in [0.15, 0.2) is 30.6 Å². The molecule has 0 aliphatic carbocycles. The predicted octanol–water partition coefficient (Wildman–Crippen LogP) is 2.58. The van der Waals surface area contributed by atoms with Gasteiger partial charge in [-0.2, -0.15) is 0 Å². The fourth-order valence-electron chi connectivity index (χ4n) is 1.46. The molecule has 0 aliphatic heterocycles. The van der Waals surface area contributed by atoms with Crippen molar-refractivity contribution in [3.8, 4) is 0 Å². The van der Waals surface area contributed by atoms with Crippen molar-refractivity contribution in [2.45, 2.75) is 6.92 Å². The van der Waals surface area contributed by atoms with E-state index in [-0.39, 0.29) is 5.78 Å². The number of carbonyl (C=O) groups is 1. The third-order valence-electron chi connectivity index (χ3n) is 2.10. The molecule has 0 spiro atoms. The van der Waals surface area contributed by atoms with E-state index in [1.165, 1.54) is 19.1 Å². The Kier molecular flexibility index (Phi) is 2.00. The SMILES string of the molecule is CC(=O)c1cc(F)cc2cnccc12. The van der Waals surface area contributed by atoms with Gasteiger partial charge in [0.1, 0.15) is 5.82 Å². The fraction of sp³-hybridized carbons (Fsp3) is 0.0909. The highest BCUT2D eigenvalue weighted by Crippen LogP contribution is 2.19. The first-order chi connectivity index (χ1) is 6.68. The van der Waals surface area contributed by atoms with Gasteiger partial charge in [-0.3, -0.25) is 9.78 Å². The molecule has 1 aromatic carbocycles. The molecule has 2 aromatic rings. The molecular weight excluding hydrogens is 181 g/mol. The van der Waals surface area contributed by atoms with Crippen LogP contribution in [0.3, 0.4) is 0 Å². The lowest BCUT2D eigenvalue weighted by molar-refractivity contribution is 0.101. The smallest absolute Gasteiger partial charge is 0.160 e. The molecule has 0 N–H and O–H groups in total. The third kappa shape index (κ3) is 1.37.